The van der Waals surface area contributed by atoms with Gasteiger partial charge in [-0.1, -0.05) is 6.07 Å². The lowest BCUT2D eigenvalue weighted by Gasteiger charge is -2.03. The summed E-state index contributed by atoms with van der Waals surface area (Å²) in [7, 11) is 1.32. The van der Waals surface area contributed by atoms with Gasteiger partial charge in [0.15, 0.2) is 0 Å². The first-order valence-corrected chi connectivity index (χ1v) is 4.26. The van der Waals surface area contributed by atoms with Crippen molar-refractivity contribution in [2.24, 2.45) is 0 Å². The second-order valence-electron chi connectivity index (χ2n) is 3.09. The van der Waals surface area contributed by atoms with Crippen molar-refractivity contribution >= 4 is 5.97 Å². The van der Waals surface area contributed by atoms with Gasteiger partial charge in [0.1, 0.15) is 5.75 Å². The zero-order valence-electron chi connectivity index (χ0n) is 7.69. The maximum absolute atomic E-state index is 11.2. The fourth-order valence-corrected chi connectivity index (χ4v) is 1.45. The Kier molecular flexibility index (Phi) is 2.13. The monoisotopic (exact) mass is 194 g/mol. The molecule has 14 heavy (non-hydrogen) atoms. The molecule has 0 aliphatic carbocycles. The van der Waals surface area contributed by atoms with Crippen LogP contribution in [0.5, 0.6) is 5.75 Å². The number of hydrogen-bond donors (Lipinski definition) is 1. The van der Waals surface area contributed by atoms with Gasteiger partial charge >= 0.3 is 5.97 Å². The lowest BCUT2D eigenvalue weighted by Crippen LogP contribution is -2.10. The minimum absolute atomic E-state index is 0.405. The molecule has 0 saturated carbocycles. The standard InChI is InChI=1S/C10H10O4/c1-13-10(12)7-3-2-6-5-9(11)14-8(6)4-7/h2-4,9,11H,5H2,1H3. The zero-order chi connectivity index (χ0) is 10.1. The summed E-state index contributed by atoms with van der Waals surface area (Å²) in [6.45, 7) is 0. The molecule has 1 N–H and O–H groups in total. The number of methoxy groups -OCH3 is 1. The molecule has 0 radical (unpaired) electrons. The van der Waals surface area contributed by atoms with E-state index in [1.807, 2.05) is 0 Å². The number of esters is 1. The van der Waals surface area contributed by atoms with Crippen LogP contribution in [0.3, 0.4) is 0 Å². The molecule has 1 aromatic carbocycles. The van der Waals surface area contributed by atoms with Crippen LogP contribution in [0.1, 0.15) is 15.9 Å². The molecule has 1 aliphatic rings. The van der Waals surface area contributed by atoms with Crippen LogP contribution in [0.15, 0.2) is 18.2 Å². The zero-order valence-corrected chi connectivity index (χ0v) is 7.69. The van der Waals surface area contributed by atoms with E-state index in [0.717, 1.165) is 5.56 Å². The molecule has 1 aliphatic heterocycles. The number of aliphatic hydroxyl groups is 1. The second kappa shape index (κ2) is 3.31. The molecule has 0 bridgehead atoms. The van der Waals surface area contributed by atoms with Crippen molar-refractivity contribution in [3.63, 3.8) is 0 Å². The fourth-order valence-electron chi connectivity index (χ4n) is 1.45. The van der Waals surface area contributed by atoms with Crippen molar-refractivity contribution in [2.75, 3.05) is 7.11 Å². The van der Waals surface area contributed by atoms with E-state index in [1.54, 1.807) is 18.2 Å². The molecule has 4 heteroatoms. The normalized spacial score (nSPS) is 18.6. The van der Waals surface area contributed by atoms with Crippen molar-refractivity contribution in [1.29, 1.82) is 0 Å². The third-order valence-electron chi connectivity index (χ3n) is 2.15. The van der Waals surface area contributed by atoms with Crippen LogP contribution in [0.4, 0.5) is 0 Å². The van der Waals surface area contributed by atoms with E-state index in [4.69, 9.17) is 4.74 Å². The molecule has 1 heterocycles. The minimum atomic E-state index is -0.794. The van der Waals surface area contributed by atoms with Gasteiger partial charge in [-0.25, -0.2) is 4.79 Å². The van der Waals surface area contributed by atoms with Gasteiger partial charge in [-0.15, -0.1) is 0 Å². The summed E-state index contributed by atoms with van der Waals surface area (Å²) in [6.07, 6.45) is -0.325. The Bertz CT molecular complexity index is 372. The average Bonchev–Trinajstić information content (AvgIpc) is 2.55. The summed E-state index contributed by atoms with van der Waals surface area (Å²) in [4.78, 5) is 11.2. The number of benzene rings is 1. The highest BCUT2D eigenvalue weighted by molar-refractivity contribution is 5.90. The number of hydrogen-bond acceptors (Lipinski definition) is 4. The van der Waals surface area contributed by atoms with Gasteiger partial charge in [-0.05, 0) is 12.1 Å². The Balaban J connectivity index is 2.33. The van der Waals surface area contributed by atoms with Gasteiger partial charge in [0.05, 0.1) is 12.7 Å². The Morgan fingerprint density at radius 3 is 3.14 bits per heavy atom. The molecule has 74 valence electrons. The fraction of sp³-hybridized carbons (Fsp3) is 0.300. The third kappa shape index (κ3) is 1.44. The summed E-state index contributed by atoms with van der Waals surface area (Å²) < 4.78 is 9.66. The van der Waals surface area contributed by atoms with Crippen molar-refractivity contribution in [3.05, 3.63) is 29.3 Å². The van der Waals surface area contributed by atoms with Gasteiger partial charge in [0.25, 0.3) is 0 Å². The predicted octanol–water partition coefficient (Wildman–Crippen LogP) is 0.726. The first kappa shape index (κ1) is 9.02. The van der Waals surface area contributed by atoms with Crippen LogP contribution < -0.4 is 4.74 Å². The number of carbonyl (C=O) groups excluding carboxylic acids is 1. The average molecular weight is 194 g/mol. The quantitative estimate of drug-likeness (QED) is 0.669. The lowest BCUT2D eigenvalue weighted by molar-refractivity contribution is 0.00204. The lowest BCUT2D eigenvalue weighted by atomic mass is 10.1. The second-order valence-corrected chi connectivity index (χ2v) is 3.09. The van der Waals surface area contributed by atoms with E-state index >= 15 is 0 Å². The summed E-state index contributed by atoms with van der Waals surface area (Å²) >= 11 is 0. The van der Waals surface area contributed by atoms with E-state index in [2.05, 4.69) is 4.74 Å². The molecule has 1 aromatic rings. The molecule has 1 unspecified atom stereocenters. The maximum Gasteiger partial charge on any atom is 0.337 e. The number of ether oxygens (including phenoxy) is 2. The van der Waals surface area contributed by atoms with Gasteiger partial charge in [0, 0.05) is 12.0 Å². The van der Waals surface area contributed by atoms with E-state index in [9.17, 15) is 9.90 Å². The molecule has 0 aromatic heterocycles. The molecule has 2 rings (SSSR count). The number of fused-ring (bicyclic) bond motifs is 1. The highest BCUT2D eigenvalue weighted by atomic mass is 16.6. The highest BCUT2D eigenvalue weighted by Gasteiger charge is 2.21. The smallest absolute Gasteiger partial charge is 0.337 e. The molecule has 0 amide bonds. The molecule has 0 fully saturated rings. The molecule has 1 atom stereocenters. The molecule has 0 spiro atoms. The van der Waals surface area contributed by atoms with Crippen molar-refractivity contribution in [1.82, 2.24) is 0 Å². The van der Waals surface area contributed by atoms with Gasteiger partial charge in [-0.3, -0.25) is 0 Å². The van der Waals surface area contributed by atoms with Crippen LogP contribution in [-0.2, 0) is 11.2 Å². The highest BCUT2D eigenvalue weighted by Crippen LogP contribution is 2.28. The Morgan fingerprint density at radius 2 is 2.43 bits per heavy atom. The third-order valence-corrected chi connectivity index (χ3v) is 2.15. The molecule has 4 nitrogen and oxygen atoms in total. The van der Waals surface area contributed by atoms with Gasteiger partial charge < -0.3 is 14.6 Å². The van der Waals surface area contributed by atoms with Gasteiger partial charge in [0.2, 0.25) is 6.29 Å². The van der Waals surface area contributed by atoms with Crippen LogP contribution in [0, 0.1) is 0 Å². The largest absolute Gasteiger partial charge is 0.465 e. The number of rotatable bonds is 1. The van der Waals surface area contributed by atoms with Crippen molar-refractivity contribution < 1.29 is 19.4 Å². The molecular weight excluding hydrogens is 184 g/mol. The first-order chi connectivity index (χ1) is 6.70. The topological polar surface area (TPSA) is 55.8 Å². The Hall–Kier alpha value is -1.55. The van der Waals surface area contributed by atoms with Crippen molar-refractivity contribution in [3.8, 4) is 5.75 Å². The first-order valence-electron chi connectivity index (χ1n) is 4.26. The summed E-state index contributed by atoms with van der Waals surface area (Å²) in [5, 5.41) is 9.20. The summed E-state index contributed by atoms with van der Waals surface area (Å²) in [5.41, 5.74) is 1.34. The Morgan fingerprint density at radius 1 is 1.64 bits per heavy atom. The van der Waals surface area contributed by atoms with Crippen molar-refractivity contribution in [2.45, 2.75) is 12.7 Å². The molecule has 0 saturated heterocycles. The van der Waals surface area contributed by atoms with E-state index in [0.29, 0.717) is 17.7 Å². The van der Waals surface area contributed by atoms with Crippen LogP contribution in [-0.4, -0.2) is 24.5 Å². The maximum atomic E-state index is 11.2. The van der Waals surface area contributed by atoms with E-state index in [-0.39, 0.29) is 0 Å². The van der Waals surface area contributed by atoms with Crippen LogP contribution in [0.2, 0.25) is 0 Å². The van der Waals surface area contributed by atoms with E-state index < -0.39 is 12.3 Å². The van der Waals surface area contributed by atoms with E-state index in [1.165, 1.54) is 7.11 Å². The number of carbonyl (C=O) groups is 1. The minimum Gasteiger partial charge on any atom is -0.465 e. The Labute approximate surface area is 81.1 Å². The summed E-state index contributed by atoms with van der Waals surface area (Å²) in [5.74, 6) is 0.151. The number of aliphatic hydroxyl groups excluding tert-OH is 1. The van der Waals surface area contributed by atoms with Gasteiger partial charge in [-0.2, -0.15) is 0 Å². The predicted molar refractivity (Wildman–Crippen MR) is 48.1 cm³/mol. The molecular formula is C10H10O4. The SMILES string of the molecule is COC(=O)c1ccc2c(c1)OC(O)C2. The summed E-state index contributed by atoms with van der Waals surface area (Å²) in [6, 6.07) is 5.00. The van der Waals surface area contributed by atoms with Crippen LogP contribution in [0.25, 0.3) is 0 Å². The van der Waals surface area contributed by atoms with Crippen LogP contribution >= 0.6 is 0 Å².